The number of hydrogen-bond donors (Lipinski definition) is 2. The van der Waals surface area contributed by atoms with Gasteiger partial charge >= 0.3 is 6.18 Å². The van der Waals surface area contributed by atoms with Crippen LogP contribution < -0.4 is 10.6 Å². The van der Waals surface area contributed by atoms with E-state index in [1.165, 1.54) is 6.07 Å². The van der Waals surface area contributed by atoms with E-state index in [0.29, 0.717) is 18.5 Å². The average molecular weight is 357 g/mol. The molecule has 1 aliphatic rings. The third-order valence-corrected chi connectivity index (χ3v) is 4.50. The summed E-state index contributed by atoms with van der Waals surface area (Å²) in [5, 5.41) is 6.16. The highest BCUT2D eigenvalue weighted by molar-refractivity contribution is 5.83. The highest BCUT2D eigenvalue weighted by atomic mass is 19.4. The molecule has 1 unspecified atom stereocenters. The number of alkyl halides is 3. The van der Waals surface area contributed by atoms with Gasteiger partial charge in [-0.05, 0) is 31.0 Å². The van der Waals surface area contributed by atoms with Gasteiger partial charge in [0.05, 0.1) is 11.5 Å². The van der Waals surface area contributed by atoms with E-state index in [2.05, 4.69) is 15.5 Å². The topological polar surface area (TPSA) is 44.4 Å². The average Bonchev–Trinajstić information content (AvgIpc) is 2.60. The van der Waals surface area contributed by atoms with E-state index < -0.39 is 17.7 Å². The van der Waals surface area contributed by atoms with Crippen molar-refractivity contribution in [1.29, 1.82) is 0 Å². The van der Waals surface area contributed by atoms with E-state index >= 15 is 0 Å². The lowest BCUT2D eigenvalue weighted by molar-refractivity contribution is -0.137. The minimum atomic E-state index is -4.39. The van der Waals surface area contributed by atoms with Crippen LogP contribution in [0.2, 0.25) is 0 Å². The smallest absolute Gasteiger partial charge is 0.356 e. The Morgan fingerprint density at radius 1 is 1.32 bits per heavy atom. The van der Waals surface area contributed by atoms with Crippen molar-refractivity contribution in [2.24, 2.45) is 0 Å². The molecule has 25 heavy (non-hydrogen) atoms. The summed E-state index contributed by atoms with van der Waals surface area (Å²) < 4.78 is 38.6. The van der Waals surface area contributed by atoms with Crippen molar-refractivity contribution in [3.8, 4) is 0 Å². The van der Waals surface area contributed by atoms with E-state index in [1.807, 2.05) is 6.92 Å². The lowest BCUT2D eigenvalue weighted by Crippen LogP contribution is -2.44. The van der Waals surface area contributed by atoms with Crippen LogP contribution in [-0.2, 0) is 11.0 Å². The Labute approximate surface area is 146 Å². The zero-order valence-electron chi connectivity index (χ0n) is 14.5. The number of amides is 1. The van der Waals surface area contributed by atoms with E-state index in [9.17, 15) is 18.0 Å². The molecule has 1 heterocycles. The lowest BCUT2D eigenvalue weighted by atomic mass is 9.94. The highest BCUT2D eigenvalue weighted by Crippen LogP contribution is 2.31. The van der Waals surface area contributed by atoms with Crippen LogP contribution in [0.15, 0.2) is 24.3 Å². The maximum absolute atomic E-state index is 12.9. The fourth-order valence-corrected chi connectivity index (χ4v) is 3.08. The molecule has 4 nitrogen and oxygen atoms in total. The minimum absolute atomic E-state index is 0.206. The molecule has 1 aromatic carbocycles. The second-order valence-corrected chi connectivity index (χ2v) is 6.32. The Bertz CT molecular complexity index is 557. The van der Waals surface area contributed by atoms with Crippen molar-refractivity contribution in [1.82, 2.24) is 15.5 Å². The Balaban J connectivity index is 1.86. The number of nitrogens with zero attached hydrogens (tertiary/aromatic N) is 1. The van der Waals surface area contributed by atoms with Crippen LogP contribution in [0.1, 0.15) is 36.8 Å². The van der Waals surface area contributed by atoms with Gasteiger partial charge in [-0.1, -0.05) is 25.1 Å². The maximum Gasteiger partial charge on any atom is 0.416 e. The van der Waals surface area contributed by atoms with Crippen molar-refractivity contribution in [3.63, 3.8) is 0 Å². The molecule has 0 bridgehead atoms. The molecule has 0 aromatic heterocycles. The second-order valence-electron chi connectivity index (χ2n) is 6.32. The van der Waals surface area contributed by atoms with Gasteiger partial charge in [0.15, 0.2) is 0 Å². The zero-order chi connectivity index (χ0) is 18.3. The Morgan fingerprint density at radius 3 is 2.68 bits per heavy atom. The van der Waals surface area contributed by atoms with Gasteiger partial charge < -0.3 is 15.5 Å². The molecule has 140 valence electrons. The number of carbonyl (C=O) groups is 1. The van der Waals surface area contributed by atoms with Gasteiger partial charge in [-0.3, -0.25) is 4.79 Å². The fourth-order valence-electron chi connectivity index (χ4n) is 3.08. The first-order chi connectivity index (χ1) is 11.9. The molecule has 0 aliphatic carbocycles. The molecule has 0 saturated carbocycles. The molecule has 1 amide bonds. The number of piperazine rings is 1. The summed E-state index contributed by atoms with van der Waals surface area (Å²) in [5.41, 5.74) is -0.299. The summed E-state index contributed by atoms with van der Waals surface area (Å²) in [6, 6.07) is 5.05. The quantitative estimate of drug-likeness (QED) is 0.738. The number of nitrogens with one attached hydrogen (secondary N) is 2. The third kappa shape index (κ3) is 6.01. The van der Waals surface area contributed by atoms with Gasteiger partial charge in [0, 0.05) is 32.7 Å². The lowest BCUT2D eigenvalue weighted by Gasteiger charge is -2.27. The maximum atomic E-state index is 12.9. The van der Waals surface area contributed by atoms with Crippen LogP contribution >= 0.6 is 0 Å². The number of carbonyl (C=O) groups excluding carboxylic acids is 1. The first-order valence-corrected chi connectivity index (χ1v) is 8.79. The molecule has 1 aliphatic heterocycles. The van der Waals surface area contributed by atoms with Gasteiger partial charge in [-0.15, -0.1) is 0 Å². The molecule has 2 rings (SSSR count). The zero-order valence-corrected chi connectivity index (χ0v) is 14.5. The molecule has 7 heteroatoms. The Morgan fingerprint density at radius 2 is 2.04 bits per heavy atom. The number of benzene rings is 1. The molecule has 2 N–H and O–H groups in total. The van der Waals surface area contributed by atoms with Gasteiger partial charge in [0.25, 0.3) is 0 Å². The first kappa shape index (κ1) is 19.7. The first-order valence-electron chi connectivity index (χ1n) is 8.79. The molecule has 0 radical (unpaired) electrons. The van der Waals surface area contributed by atoms with Crippen molar-refractivity contribution < 1.29 is 18.0 Å². The summed E-state index contributed by atoms with van der Waals surface area (Å²) in [4.78, 5) is 14.7. The van der Waals surface area contributed by atoms with Gasteiger partial charge in [0.2, 0.25) is 5.91 Å². The van der Waals surface area contributed by atoms with Crippen molar-refractivity contribution in [3.05, 3.63) is 35.4 Å². The highest BCUT2D eigenvalue weighted by Gasteiger charge is 2.31. The van der Waals surface area contributed by atoms with Crippen LogP contribution in [0.25, 0.3) is 0 Å². The van der Waals surface area contributed by atoms with Crippen LogP contribution in [0.5, 0.6) is 0 Å². The summed E-state index contributed by atoms with van der Waals surface area (Å²) in [5.74, 6) is -0.761. The van der Waals surface area contributed by atoms with E-state index in [4.69, 9.17) is 0 Å². The fraction of sp³-hybridized carbons (Fsp3) is 0.611. The van der Waals surface area contributed by atoms with E-state index in [-0.39, 0.29) is 5.91 Å². The number of rotatable bonds is 7. The minimum Gasteiger partial charge on any atom is -0.356 e. The standard InChI is InChI=1S/C18H26F3N3O/c1-2-16(14-5-3-6-15(13-14)18(19,20)21)17(25)23-7-4-10-24-11-8-22-9-12-24/h3,5-6,13,16,22H,2,4,7-12H2,1H3,(H,23,25). The molecule has 1 fully saturated rings. The summed E-state index contributed by atoms with van der Waals surface area (Å²) >= 11 is 0. The van der Waals surface area contributed by atoms with Crippen molar-refractivity contribution in [2.75, 3.05) is 39.3 Å². The third-order valence-electron chi connectivity index (χ3n) is 4.50. The summed E-state index contributed by atoms with van der Waals surface area (Å²) in [6.07, 6.45) is -3.09. The Hall–Kier alpha value is -1.60. The molecule has 1 atom stereocenters. The van der Waals surface area contributed by atoms with Crippen LogP contribution in [-0.4, -0.2) is 50.1 Å². The summed E-state index contributed by atoms with van der Waals surface area (Å²) in [6.45, 7) is 7.26. The van der Waals surface area contributed by atoms with E-state index in [1.54, 1.807) is 6.07 Å². The molecule has 0 spiro atoms. The van der Waals surface area contributed by atoms with Gasteiger partial charge in [0.1, 0.15) is 0 Å². The normalized spacial score (nSPS) is 17.3. The van der Waals surface area contributed by atoms with Crippen LogP contribution in [0.3, 0.4) is 0 Å². The van der Waals surface area contributed by atoms with Gasteiger partial charge in [-0.25, -0.2) is 0 Å². The predicted octanol–water partition coefficient (Wildman–Crippen LogP) is 2.61. The number of hydrogen-bond acceptors (Lipinski definition) is 3. The summed E-state index contributed by atoms with van der Waals surface area (Å²) in [7, 11) is 0. The monoisotopic (exact) mass is 357 g/mol. The Kier molecular flexibility index (Phi) is 7.25. The molecular weight excluding hydrogens is 331 g/mol. The predicted molar refractivity (Wildman–Crippen MR) is 91.4 cm³/mol. The van der Waals surface area contributed by atoms with Crippen molar-refractivity contribution in [2.45, 2.75) is 31.9 Å². The molecular formula is C18H26F3N3O. The van der Waals surface area contributed by atoms with Gasteiger partial charge in [-0.2, -0.15) is 13.2 Å². The van der Waals surface area contributed by atoms with E-state index in [0.717, 1.165) is 51.3 Å². The second kappa shape index (κ2) is 9.20. The van der Waals surface area contributed by atoms with Crippen LogP contribution in [0, 0.1) is 0 Å². The number of halogens is 3. The molecule has 1 saturated heterocycles. The molecule has 1 aromatic rings. The SMILES string of the molecule is CCC(C(=O)NCCCN1CCNCC1)c1cccc(C(F)(F)F)c1. The van der Waals surface area contributed by atoms with Crippen LogP contribution in [0.4, 0.5) is 13.2 Å². The van der Waals surface area contributed by atoms with Crippen molar-refractivity contribution >= 4 is 5.91 Å². The largest absolute Gasteiger partial charge is 0.416 e.